The van der Waals surface area contributed by atoms with Crippen LogP contribution >= 0.6 is 0 Å². The fourth-order valence-corrected chi connectivity index (χ4v) is 3.59. The molecule has 0 radical (unpaired) electrons. The zero-order valence-electron chi connectivity index (χ0n) is 17.5. The number of rotatable bonds is 6. The molecule has 0 saturated carbocycles. The third kappa shape index (κ3) is 5.81. The van der Waals surface area contributed by atoms with Gasteiger partial charge in [-0.25, -0.2) is 4.79 Å². The molecule has 1 saturated heterocycles. The SMILES string of the molecule is CNC(=O)Oc1ccc(CCN2CCN(c3ccccc3C(F)(F)F)CC2)cc1OC. The minimum absolute atomic E-state index is 0.242. The first-order valence-corrected chi connectivity index (χ1v) is 10.0. The second kappa shape index (κ2) is 9.91. The predicted octanol–water partition coefficient (Wildman–Crippen LogP) is 3.80. The number of ether oxygens (including phenoxy) is 2. The Labute approximate surface area is 179 Å². The number of amides is 1. The first kappa shape index (κ1) is 22.7. The van der Waals surface area contributed by atoms with Gasteiger partial charge in [-0.3, -0.25) is 4.90 Å². The number of carbonyl (C=O) groups is 1. The van der Waals surface area contributed by atoms with Crippen LogP contribution in [-0.2, 0) is 12.6 Å². The van der Waals surface area contributed by atoms with Crippen LogP contribution in [0.3, 0.4) is 0 Å². The van der Waals surface area contributed by atoms with Gasteiger partial charge in [0.25, 0.3) is 0 Å². The summed E-state index contributed by atoms with van der Waals surface area (Å²) in [5, 5.41) is 2.38. The Morgan fingerprint density at radius 3 is 2.42 bits per heavy atom. The van der Waals surface area contributed by atoms with Crippen molar-refractivity contribution in [2.45, 2.75) is 12.6 Å². The van der Waals surface area contributed by atoms with Crippen molar-refractivity contribution < 1.29 is 27.4 Å². The quantitative estimate of drug-likeness (QED) is 0.745. The van der Waals surface area contributed by atoms with Crippen LogP contribution in [0.2, 0.25) is 0 Å². The molecule has 9 heteroatoms. The van der Waals surface area contributed by atoms with Crippen molar-refractivity contribution in [1.82, 2.24) is 10.2 Å². The number of carbonyl (C=O) groups excluding carboxylic acids is 1. The lowest BCUT2D eigenvalue weighted by Crippen LogP contribution is -2.47. The topological polar surface area (TPSA) is 54.0 Å². The van der Waals surface area contributed by atoms with E-state index in [9.17, 15) is 18.0 Å². The number of nitrogens with one attached hydrogen (secondary N) is 1. The molecule has 0 unspecified atom stereocenters. The summed E-state index contributed by atoms with van der Waals surface area (Å²) in [5.74, 6) is 0.803. The molecule has 2 aromatic rings. The molecule has 1 heterocycles. The highest BCUT2D eigenvalue weighted by Crippen LogP contribution is 2.36. The van der Waals surface area contributed by atoms with Crippen molar-refractivity contribution >= 4 is 11.8 Å². The van der Waals surface area contributed by atoms with Gasteiger partial charge in [-0.15, -0.1) is 0 Å². The van der Waals surface area contributed by atoms with E-state index < -0.39 is 17.8 Å². The number of benzene rings is 2. The molecule has 1 aliphatic rings. The fourth-order valence-electron chi connectivity index (χ4n) is 3.59. The lowest BCUT2D eigenvalue weighted by molar-refractivity contribution is -0.137. The summed E-state index contributed by atoms with van der Waals surface area (Å²) in [4.78, 5) is 15.4. The summed E-state index contributed by atoms with van der Waals surface area (Å²) in [7, 11) is 2.98. The summed E-state index contributed by atoms with van der Waals surface area (Å²) in [5.41, 5.74) is 0.673. The molecule has 1 N–H and O–H groups in total. The van der Waals surface area contributed by atoms with Crippen LogP contribution in [-0.4, -0.2) is 57.9 Å². The molecule has 1 aliphatic heterocycles. The Kier molecular flexibility index (Phi) is 7.27. The number of methoxy groups -OCH3 is 1. The molecule has 1 amide bonds. The van der Waals surface area contributed by atoms with Crippen LogP contribution in [0.1, 0.15) is 11.1 Å². The van der Waals surface area contributed by atoms with Gasteiger partial charge in [0.15, 0.2) is 11.5 Å². The van der Waals surface area contributed by atoms with E-state index in [0.29, 0.717) is 37.7 Å². The molecular formula is C22H26F3N3O3. The minimum Gasteiger partial charge on any atom is -0.493 e. The Morgan fingerprint density at radius 2 is 1.77 bits per heavy atom. The van der Waals surface area contributed by atoms with Crippen molar-refractivity contribution in [3.63, 3.8) is 0 Å². The van der Waals surface area contributed by atoms with Crippen LogP contribution in [0.4, 0.5) is 23.7 Å². The number of hydrogen-bond donors (Lipinski definition) is 1. The second-order valence-corrected chi connectivity index (χ2v) is 7.22. The fraction of sp³-hybridized carbons (Fsp3) is 0.409. The molecule has 6 nitrogen and oxygen atoms in total. The standard InChI is InChI=1S/C22H26F3N3O3/c1-26-21(29)31-19-8-7-16(15-20(19)30-2)9-10-27-11-13-28(14-12-27)18-6-4-3-5-17(18)22(23,24)25/h3-8,15H,9-14H2,1-2H3,(H,26,29). The number of alkyl halides is 3. The second-order valence-electron chi connectivity index (χ2n) is 7.22. The highest BCUT2D eigenvalue weighted by Gasteiger charge is 2.35. The third-order valence-electron chi connectivity index (χ3n) is 5.27. The highest BCUT2D eigenvalue weighted by molar-refractivity contribution is 5.71. The Balaban J connectivity index is 1.56. The van der Waals surface area contributed by atoms with Crippen molar-refractivity contribution in [2.24, 2.45) is 0 Å². The van der Waals surface area contributed by atoms with E-state index in [2.05, 4.69) is 10.2 Å². The lowest BCUT2D eigenvalue weighted by Gasteiger charge is -2.37. The van der Waals surface area contributed by atoms with Gasteiger partial charge in [-0.1, -0.05) is 18.2 Å². The largest absolute Gasteiger partial charge is 0.493 e. The van der Waals surface area contributed by atoms with E-state index in [1.165, 1.54) is 26.3 Å². The van der Waals surface area contributed by atoms with Crippen molar-refractivity contribution in [3.05, 3.63) is 53.6 Å². The molecule has 3 rings (SSSR count). The summed E-state index contributed by atoms with van der Waals surface area (Å²) >= 11 is 0. The normalized spacial score (nSPS) is 14.9. The predicted molar refractivity (Wildman–Crippen MR) is 112 cm³/mol. The van der Waals surface area contributed by atoms with Crippen LogP contribution in [0.5, 0.6) is 11.5 Å². The van der Waals surface area contributed by atoms with E-state index in [4.69, 9.17) is 9.47 Å². The third-order valence-corrected chi connectivity index (χ3v) is 5.27. The maximum Gasteiger partial charge on any atom is 0.418 e. The summed E-state index contributed by atoms with van der Waals surface area (Å²) in [6.07, 6.45) is -4.19. The van der Waals surface area contributed by atoms with E-state index in [-0.39, 0.29) is 5.69 Å². The number of hydrogen-bond acceptors (Lipinski definition) is 5. The zero-order valence-corrected chi connectivity index (χ0v) is 17.5. The minimum atomic E-state index is -4.36. The summed E-state index contributed by atoms with van der Waals surface area (Å²) in [6, 6.07) is 11.1. The van der Waals surface area contributed by atoms with E-state index in [0.717, 1.165) is 24.6 Å². The van der Waals surface area contributed by atoms with Crippen molar-refractivity contribution in [2.75, 3.05) is 51.8 Å². The number of halogens is 3. The van der Waals surface area contributed by atoms with Gasteiger partial charge < -0.3 is 19.7 Å². The Morgan fingerprint density at radius 1 is 1.06 bits per heavy atom. The van der Waals surface area contributed by atoms with Gasteiger partial charge >= 0.3 is 12.3 Å². The van der Waals surface area contributed by atoms with E-state index >= 15 is 0 Å². The number of para-hydroxylation sites is 1. The average molecular weight is 437 g/mol. The van der Waals surface area contributed by atoms with Gasteiger partial charge in [0.2, 0.25) is 0 Å². The van der Waals surface area contributed by atoms with Crippen LogP contribution < -0.4 is 19.7 Å². The average Bonchev–Trinajstić information content (AvgIpc) is 2.78. The smallest absolute Gasteiger partial charge is 0.418 e. The first-order valence-electron chi connectivity index (χ1n) is 10.0. The molecule has 1 fully saturated rings. The zero-order chi connectivity index (χ0) is 22.4. The van der Waals surface area contributed by atoms with Crippen LogP contribution in [0, 0.1) is 0 Å². The van der Waals surface area contributed by atoms with Crippen LogP contribution in [0.15, 0.2) is 42.5 Å². The van der Waals surface area contributed by atoms with Gasteiger partial charge in [0.05, 0.1) is 12.7 Å². The summed E-state index contributed by atoms with van der Waals surface area (Å²) in [6.45, 7) is 3.21. The van der Waals surface area contributed by atoms with Crippen molar-refractivity contribution in [3.8, 4) is 11.5 Å². The molecular weight excluding hydrogens is 411 g/mol. The highest BCUT2D eigenvalue weighted by atomic mass is 19.4. The van der Waals surface area contributed by atoms with Gasteiger partial charge in [-0.2, -0.15) is 13.2 Å². The number of piperazine rings is 1. The van der Waals surface area contributed by atoms with Crippen LogP contribution in [0.25, 0.3) is 0 Å². The molecule has 2 aromatic carbocycles. The van der Waals surface area contributed by atoms with Gasteiger partial charge in [0, 0.05) is 45.5 Å². The Hall–Kier alpha value is -2.94. The Bertz CT molecular complexity index is 897. The molecule has 0 atom stereocenters. The first-order chi connectivity index (χ1) is 14.8. The molecule has 0 aromatic heterocycles. The van der Waals surface area contributed by atoms with E-state index in [1.807, 2.05) is 12.1 Å². The maximum atomic E-state index is 13.3. The number of anilines is 1. The number of nitrogens with zero attached hydrogens (tertiary/aromatic N) is 2. The van der Waals surface area contributed by atoms with Gasteiger partial charge in [0.1, 0.15) is 0 Å². The summed E-state index contributed by atoms with van der Waals surface area (Å²) < 4.78 is 50.3. The van der Waals surface area contributed by atoms with Gasteiger partial charge in [-0.05, 0) is 36.2 Å². The van der Waals surface area contributed by atoms with E-state index in [1.54, 1.807) is 17.0 Å². The molecule has 31 heavy (non-hydrogen) atoms. The molecule has 0 bridgehead atoms. The van der Waals surface area contributed by atoms with Crippen molar-refractivity contribution in [1.29, 1.82) is 0 Å². The molecule has 0 aliphatic carbocycles. The molecule has 168 valence electrons. The molecule has 0 spiro atoms. The maximum absolute atomic E-state index is 13.3. The lowest BCUT2D eigenvalue weighted by atomic mass is 10.1. The monoisotopic (exact) mass is 437 g/mol.